The first-order valence-corrected chi connectivity index (χ1v) is 7.55. The Morgan fingerprint density at radius 3 is 2.95 bits per heavy atom. The van der Waals surface area contributed by atoms with Crippen LogP contribution in [0.4, 0.5) is 5.69 Å². The summed E-state index contributed by atoms with van der Waals surface area (Å²) in [5, 5.41) is 7.65. The van der Waals surface area contributed by atoms with Gasteiger partial charge in [-0.25, -0.2) is 9.50 Å². The van der Waals surface area contributed by atoms with Gasteiger partial charge in [0.15, 0.2) is 10.8 Å². The van der Waals surface area contributed by atoms with E-state index in [2.05, 4.69) is 22.3 Å². The highest BCUT2D eigenvalue weighted by Crippen LogP contribution is 2.31. The minimum atomic E-state index is -0.594. The molecular formula is C14H18ClN5O. The van der Waals surface area contributed by atoms with Crippen molar-refractivity contribution in [3.8, 4) is 0 Å². The van der Waals surface area contributed by atoms with Gasteiger partial charge in [-0.1, -0.05) is 31.4 Å². The number of halogens is 1. The smallest absolute Gasteiger partial charge is 0.254 e. The van der Waals surface area contributed by atoms with Crippen LogP contribution in [0.15, 0.2) is 12.4 Å². The van der Waals surface area contributed by atoms with Gasteiger partial charge < -0.3 is 11.1 Å². The second kappa shape index (κ2) is 5.52. The summed E-state index contributed by atoms with van der Waals surface area (Å²) in [7, 11) is 0. The van der Waals surface area contributed by atoms with Crippen LogP contribution in [0, 0.1) is 5.92 Å². The van der Waals surface area contributed by atoms with Gasteiger partial charge in [-0.15, -0.1) is 0 Å². The lowest BCUT2D eigenvalue weighted by Gasteiger charge is -2.31. The van der Waals surface area contributed by atoms with Gasteiger partial charge in [-0.3, -0.25) is 4.79 Å². The molecule has 0 bridgehead atoms. The Bertz CT molecular complexity index is 683. The second-order valence-corrected chi connectivity index (χ2v) is 5.97. The summed E-state index contributed by atoms with van der Waals surface area (Å²) in [6, 6.07) is 0.288. The molecule has 7 heteroatoms. The van der Waals surface area contributed by atoms with E-state index in [4.69, 9.17) is 17.3 Å². The topological polar surface area (TPSA) is 85.3 Å². The minimum Gasteiger partial charge on any atom is -0.378 e. The molecule has 21 heavy (non-hydrogen) atoms. The Morgan fingerprint density at radius 1 is 1.48 bits per heavy atom. The van der Waals surface area contributed by atoms with Gasteiger partial charge in [-0.2, -0.15) is 5.10 Å². The fourth-order valence-electron chi connectivity index (χ4n) is 2.99. The third-order valence-corrected chi connectivity index (χ3v) is 4.45. The molecule has 3 N–H and O–H groups in total. The summed E-state index contributed by atoms with van der Waals surface area (Å²) in [6.45, 7) is 2.21. The van der Waals surface area contributed by atoms with Crippen molar-refractivity contribution in [3.05, 3.63) is 23.1 Å². The number of hydrogen-bond donors (Lipinski definition) is 2. The fourth-order valence-corrected chi connectivity index (χ4v) is 3.26. The van der Waals surface area contributed by atoms with Crippen molar-refractivity contribution in [2.75, 3.05) is 5.32 Å². The molecule has 1 aliphatic rings. The summed E-state index contributed by atoms with van der Waals surface area (Å²) in [6.07, 6.45) is 7.98. The van der Waals surface area contributed by atoms with E-state index in [-0.39, 0.29) is 16.8 Å². The number of amides is 1. The predicted octanol–water partition coefficient (Wildman–Crippen LogP) is 2.47. The van der Waals surface area contributed by atoms with E-state index in [1.165, 1.54) is 19.3 Å². The monoisotopic (exact) mass is 307 g/mol. The van der Waals surface area contributed by atoms with Crippen LogP contribution in [0.25, 0.3) is 5.65 Å². The normalized spacial score (nSPS) is 22.4. The van der Waals surface area contributed by atoms with E-state index < -0.39 is 5.91 Å². The fraction of sp³-hybridized carbons (Fsp3) is 0.500. The molecule has 3 rings (SSSR count). The molecule has 0 aromatic carbocycles. The van der Waals surface area contributed by atoms with E-state index in [0.717, 1.165) is 6.42 Å². The summed E-state index contributed by atoms with van der Waals surface area (Å²) in [5.74, 6) is -0.0645. The molecule has 112 valence electrons. The van der Waals surface area contributed by atoms with E-state index >= 15 is 0 Å². The molecule has 1 aliphatic carbocycles. The minimum absolute atomic E-state index is 0.0963. The van der Waals surface area contributed by atoms with Crippen molar-refractivity contribution in [2.24, 2.45) is 11.7 Å². The average molecular weight is 308 g/mol. The highest BCUT2D eigenvalue weighted by atomic mass is 35.5. The van der Waals surface area contributed by atoms with Crippen molar-refractivity contribution in [1.82, 2.24) is 14.6 Å². The van der Waals surface area contributed by atoms with E-state index in [1.807, 2.05) is 0 Å². The van der Waals surface area contributed by atoms with Crippen LogP contribution in [0.2, 0.25) is 5.15 Å². The van der Waals surface area contributed by atoms with Crippen LogP contribution in [0.3, 0.4) is 0 Å². The first-order chi connectivity index (χ1) is 10.1. The Hall–Kier alpha value is -1.82. The van der Waals surface area contributed by atoms with Crippen LogP contribution < -0.4 is 11.1 Å². The molecule has 6 nitrogen and oxygen atoms in total. The SMILES string of the molecule is CC1CCCCC1Nc1c(C(N)=O)c(Cl)nn2ccnc12. The Balaban J connectivity index is 2.08. The Labute approximate surface area is 127 Å². The molecule has 2 heterocycles. The van der Waals surface area contributed by atoms with E-state index in [1.54, 1.807) is 16.9 Å². The molecule has 2 atom stereocenters. The summed E-state index contributed by atoms with van der Waals surface area (Å²) < 4.78 is 1.56. The first-order valence-electron chi connectivity index (χ1n) is 7.17. The number of rotatable bonds is 3. The van der Waals surface area contributed by atoms with Gasteiger partial charge in [0.1, 0.15) is 5.56 Å². The molecule has 0 radical (unpaired) electrons. The average Bonchev–Trinajstić information content (AvgIpc) is 2.88. The van der Waals surface area contributed by atoms with Crippen LogP contribution in [0.5, 0.6) is 0 Å². The van der Waals surface area contributed by atoms with Gasteiger partial charge in [0, 0.05) is 18.4 Å². The highest BCUT2D eigenvalue weighted by molar-refractivity contribution is 6.33. The van der Waals surface area contributed by atoms with Gasteiger partial charge in [-0.05, 0) is 18.8 Å². The number of imidazole rings is 1. The zero-order valence-electron chi connectivity index (χ0n) is 11.8. The Morgan fingerprint density at radius 2 is 2.24 bits per heavy atom. The lowest BCUT2D eigenvalue weighted by Crippen LogP contribution is -2.32. The number of carbonyl (C=O) groups excluding carboxylic acids is 1. The van der Waals surface area contributed by atoms with Crippen LogP contribution >= 0.6 is 11.6 Å². The summed E-state index contributed by atoms with van der Waals surface area (Å²) >= 11 is 6.11. The molecule has 0 aliphatic heterocycles. The standard InChI is InChI=1S/C14H18ClN5O/c1-8-4-2-3-5-9(8)18-11-10(13(16)21)12(15)19-20-7-6-17-14(11)20/h6-9,18H,2-5H2,1H3,(H2,16,21). The van der Waals surface area contributed by atoms with Gasteiger partial charge in [0.25, 0.3) is 5.91 Å². The van der Waals surface area contributed by atoms with Crippen LogP contribution in [-0.4, -0.2) is 26.5 Å². The molecule has 0 saturated heterocycles. The number of nitrogens with one attached hydrogen (secondary N) is 1. The van der Waals surface area contributed by atoms with Crippen LogP contribution in [-0.2, 0) is 0 Å². The number of nitrogens with two attached hydrogens (primary N) is 1. The zero-order chi connectivity index (χ0) is 15.0. The molecule has 2 aromatic heterocycles. The second-order valence-electron chi connectivity index (χ2n) is 5.61. The number of fused-ring (bicyclic) bond motifs is 1. The predicted molar refractivity (Wildman–Crippen MR) is 81.6 cm³/mol. The molecule has 1 saturated carbocycles. The van der Waals surface area contributed by atoms with Crippen molar-refractivity contribution in [2.45, 2.75) is 38.6 Å². The molecular weight excluding hydrogens is 290 g/mol. The quantitative estimate of drug-likeness (QED) is 0.912. The number of nitrogens with zero attached hydrogens (tertiary/aromatic N) is 3. The summed E-state index contributed by atoms with van der Waals surface area (Å²) in [4.78, 5) is 16.0. The number of carbonyl (C=O) groups is 1. The maximum absolute atomic E-state index is 11.8. The molecule has 1 amide bonds. The zero-order valence-corrected chi connectivity index (χ0v) is 12.6. The maximum Gasteiger partial charge on any atom is 0.254 e. The summed E-state index contributed by atoms with van der Waals surface area (Å²) in [5.41, 5.74) is 6.85. The van der Waals surface area contributed by atoms with Crippen LogP contribution in [0.1, 0.15) is 43.0 Å². The number of anilines is 1. The van der Waals surface area contributed by atoms with Crippen molar-refractivity contribution in [3.63, 3.8) is 0 Å². The molecule has 0 spiro atoms. The van der Waals surface area contributed by atoms with E-state index in [9.17, 15) is 4.79 Å². The lowest BCUT2D eigenvalue weighted by atomic mass is 9.86. The number of aromatic nitrogens is 3. The van der Waals surface area contributed by atoms with Crippen molar-refractivity contribution in [1.29, 1.82) is 0 Å². The first kappa shape index (κ1) is 14.1. The van der Waals surface area contributed by atoms with Gasteiger partial charge in [0.2, 0.25) is 0 Å². The lowest BCUT2D eigenvalue weighted by molar-refractivity contribution is 0.100. The molecule has 2 unspecified atom stereocenters. The maximum atomic E-state index is 11.8. The van der Waals surface area contributed by atoms with Gasteiger partial charge >= 0.3 is 0 Å². The van der Waals surface area contributed by atoms with E-state index in [0.29, 0.717) is 17.3 Å². The van der Waals surface area contributed by atoms with Crippen molar-refractivity contribution >= 4 is 28.8 Å². The largest absolute Gasteiger partial charge is 0.378 e. The Kier molecular flexibility index (Phi) is 3.71. The molecule has 2 aromatic rings. The third kappa shape index (κ3) is 2.55. The van der Waals surface area contributed by atoms with Gasteiger partial charge in [0.05, 0.1) is 5.69 Å². The number of hydrogen-bond acceptors (Lipinski definition) is 4. The van der Waals surface area contributed by atoms with Crippen molar-refractivity contribution < 1.29 is 4.79 Å². The highest BCUT2D eigenvalue weighted by Gasteiger charge is 2.26. The number of primary amides is 1. The molecule has 1 fully saturated rings. The third-order valence-electron chi connectivity index (χ3n) is 4.18.